The van der Waals surface area contributed by atoms with Crippen LogP contribution in [0.15, 0.2) is 24.3 Å². The van der Waals surface area contributed by atoms with Gasteiger partial charge in [0.15, 0.2) is 0 Å². The monoisotopic (exact) mass is 252 g/mol. The molecular formula is C13H17ClN2O. The maximum Gasteiger partial charge on any atom is 0.256 e. The quantitative estimate of drug-likeness (QED) is 0.754. The highest BCUT2D eigenvalue weighted by molar-refractivity contribution is 6.18. The molecule has 0 aliphatic carbocycles. The van der Waals surface area contributed by atoms with Crippen molar-refractivity contribution in [3.63, 3.8) is 0 Å². The largest absolute Gasteiger partial charge is 0.368 e. The molecule has 4 heteroatoms. The first-order valence-electron chi connectivity index (χ1n) is 5.86. The summed E-state index contributed by atoms with van der Waals surface area (Å²) in [6, 6.07) is 7.89. The Labute approximate surface area is 107 Å². The van der Waals surface area contributed by atoms with Gasteiger partial charge in [0.05, 0.1) is 11.6 Å². The number of anilines is 1. The van der Waals surface area contributed by atoms with E-state index < -0.39 is 0 Å². The number of halogens is 1. The van der Waals surface area contributed by atoms with E-state index in [9.17, 15) is 4.79 Å². The molecule has 1 atom stereocenters. The van der Waals surface area contributed by atoms with Gasteiger partial charge in [-0.1, -0.05) is 12.1 Å². The number of likely N-dealkylation sites (N-methyl/N-ethyl adjacent to an activating group) is 2. The van der Waals surface area contributed by atoms with Crippen molar-refractivity contribution in [2.45, 2.75) is 13.0 Å². The van der Waals surface area contributed by atoms with E-state index in [1.807, 2.05) is 43.1 Å². The van der Waals surface area contributed by atoms with Gasteiger partial charge in [-0.05, 0) is 19.1 Å². The lowest BCUT2D eigenvalue weighted by Gasteiger charge is -2.28. The summed E-state index contributed by atoms with van der Waals surface area (Å²) in [5, 5.41) is 0. The van der Waals surface area contributed by atoms with Crippen molar-refractivity contribution in [1.82, 2.24) is 4.90 Å². The van der Waals surface area contributed by atoms with Gasteiger partial charge >= 0.3 is 0 Å². The molecule has 1 amide bonds. The van der Waals surface area contributed by atoms with E-state index >= 15 is 0 Å². The van der Waals surface area contributed by atoms with E-state index in [2.05, 4.69) is 4.90 Å². The Morgan fingerprint density at radius 2 is 2.12 bits per heavy atom. The first-order chi connectivity index (χ1) is 8.19. The molecule has 92 valence electrons. The van der Waals surface area contributed by atoms with Crippen LogP contribution in [0, 0.1) is 0 Å². The molecule has 3 nitrogen and oxygen atoms in total. The first-order valence-corrected chi connectivity index (χ1v) is 6.39. The van der Waals surface area contributed by atoms with Gasteiger partial charge in [-0.15, -0.1) is 11.6 Å². The second-order valence-electron chi connectivity index (χ2n) is 4.28. The van der Waals surface area contributed by atoms with E-state index in [4.69, 9.17) is 11.6 Å². The van der Waals surface area contributed by atoms with Crippen LogP contribution in [0.1, 0.15) is 17.3 Å². The third-order valence-corrected chi connectivity index (χ3v) is 3.70. The fraction of sp³-hybridized carbons (Fsp3) is 0.462. The van der Waals surface area contributed by atoms with Crippen LogP contribution in [-0.4, -0.2) is 42.9 Å². The van der Waals surface area contributed by atoms with Crippen molar-refractivity contribution >= 4 is 23.2 Å². The Hall–Kier alpha value is -1.22. The number of carbonyl (C=O) groups excluding carboxylic acids is 1. The Morgan fingerprint density at radius 1 is 1.41 bits per heavy atom. The summed E-state index contributed by atoms with van der Waals surface area (Å²) in [7, 11) is 2.00. The summed E-state index contributed by atoms with van der Waals surface area (Å²) >= 11 is 6.00. The van der Waals surface area contributed by atoms with Crippen LogP contribution in [0.2, 0.25) is 0 Å². The van der Waals surface area contributed by atoms with Crippen molar-refractivity contribution in [2.75, 3.05) is 30.9 Å². The Morgan fingerprint density at radius 3 is 2.76 bits per heavy atom. The van der Waals surface area contributed by atoms with Crippen molar-refractivity contribution < 1.29 is 4.79 Å². The second-order valence-corrected chi connectivity index (χ2v) is 4.59. The normalized spacial score (nSPS) is 20.2. The summed E-state index contributed by atoms with van der Waals surface area (Å²) in [5.41, 5.74) is 1.74. The number of rotatable bonds is 2. The standard InChI is InChI=1S/C13H17ClN2O/c1-3-16-9-10(8-14)15(2)12-7-5-4-6-11(12)13(16)17/h4-7,10H,3,8-9H2,1-2H3. The topological polar surface area (TPSA) is 23.6 Å². The molecule has 0 spiro atoms. The average Bonchev–Trinajstić information content (AvgIpc) is 2.48. The van der Waals surface area contributed by atoms with E-state index in [1.165, 1.54) is 0 Å². The summed E-state index contributed by atoms with van der Waals surface area (Å²) in [4.78, 5) is 16.3. The molecule has 0 aromatic heterocycles. The van der Waals surface area contributed by atoms with Crippen LogP contribution < -0.4 is 4.90 Å². The van der Waals surface area contributed by atoms with Gasteiger partial charge in [-0.3, -0.25) is 4.79 Å². The molecule has 0 bridgehead atoms. The highest BCUT2D eigenvalue weighted by Crippen LogP contribution is 2.26. The number of alkyl halides is 1. The van der Waals surface area contributed by atoms with Gasteiger partial charge < -0.3 is 9.80 Å². The summed E-state index contributed by atoms with van der Waals surface area (Å²) in [6.45, 7) is 3.40. The minimum Gasteiger partial charge on any atom is -0.368 e. The average molecular weight is 253 g/mol. The SMILES string of the molecule is CCN1CC(CCl)N(C)c2ccccc2C1=O. The maximum atomic E-state index is 12.3. The van der Waals surface area contributed by atoms with Gasteiger partial charge in [0.2, 0.25) is 0 Å². The number of hydrogen-bond acceptors (Lipinski definition) is 2. The predicted molar refractivity (Wildman–Crippen MR) is 70.9 cm³/mol. The Kier molecular flexibility index (Phi) is 3.57. The zero-order chi connectivity index (χ0) is 12.4. The molecule has 17 heavy (non-hydrogen) atoms. The van der Waals surface area contributed by atoms with Crippen molar-refractivity contribution in [3.8, 4) is 0 Å². The van der Waals surface area contributed by atoms with Crippen LogP contribution >= 0.6 is 11.6 Å². The minimum absolute atomic E-state index is 0.0996. The number of carbonyl (C=O) groups is 1. The van der Waals surface area contributed by atoms with Gasteiger partial charge in [-0.2, -0.15) is 0 Å². The van der Waals surface area contributed by atoms with Crippen LogP contribution in [0.25, 0.3) is 0 Å². The van der Waals surface area contributed by atoms with E-state index in [0.717, 1.165) is 11.3 Å². The van der Waals surface area contributed by atoms with E-state index in [1.54, 1.807) is 0 Å². The van der Waals surface area contributed by atoms with Gasteiger partial charge in [0.1, 0.15) is 0 Å². The molecule has 1 unspecified atom stereocenters. The van der Waals surface area contributed by atoms with Crippen molar-refractivity contribution in [3.05, 3.63) is 29.8 Å². The Bertz CT molecular complexity index is 422. The molecule has 1 heterocycles. The summed E-state index contributed by atoms with van der Waals surface area (Å²) in [6.07, 6.45) is 0. The number of nitrogens with zero attached hydrogens (tertiary/aromatic N) is 2. The molecular weight excluding hydrogens is 236 g/mol. The highest BCUT2D eigenvalue weighted by Gasteiger charge is 2.29. The van der Waals surface area contributed by atoms with Crippen LogP contribution in [0.3, 0.4) is 0 Å². The third-order valence-electron chi connectivity index (χ3n) is 3.34. The van der Waals surface area contributed by atoms with E-state index in [-0.39, 0.29) is 11.9 Å². The van der Waals surface area contributed by atoms with Gasteiger partial charge in [-0.25, -0.2) is 0 Å². The lowest BCUT2D eigenvalue weighted by atomic mass is 10.1. The predicted octanol–water partition coefficient (Wildman–Crippen LogP) is 2.21. The Balaban J connectivity index is 2.49. The number of para-hydroxylation sites is 1. The zero-order valence-electron chi connectivity index (χ0n) is 10.2. The maximum absolute atomic E-state index is 12.3. The zero-order valence-corrected chi connectivity index (χ0v) is 10.9. The summed E-state index contributed by atoms with van der Waals surface area (Å²) in [5.74, 6) is 0.622. The molecule has 1 aromatic rings. The molecule has 0 saturated carbocycles. The fourth-order valence-corrected chi connectivity index (χ4v) is 2.52. The number of benzene rings is 1. The number of hydrogen-bond donors (Lipinski definition) is 0. The molecule has 0 N–H and O–H groups in total. The summed E-state index contributed by atoms with van der Waals surface area (Å²) < 4.78 is 0. The highest BCUT2D eigenvalue weighted by atomic mass is 35.5. The van der Waals surface area contributed by atoms with Crippen LogP contribution in [0.4, 0.5) is 5.69 Å². The van der Waals surface area contributed by atoms with Gasteiger partial charge in [0, 0.05) is 31.7 Å². The molecule has 2 rings (SSSR count). The van der Waals surface area contributed by atoms with E-state index in [0.29, 0.717) is 19.0 Å². The van der Waals surface area contributed by atoms with Crippen molar-refractivity contribution in [2.24, 2.45) is 0 Å². The molecule has 0 fully saturated rings. The molecule has 0 saturated heterocycles. The lowest BCUT2D eigenvalue weighted by molar-refractivity contribution is 0.0765. The number of amides is 1. The third kappa shape index (κ3) is 2.12. The van der Waals surface area contributed by atoms with Crippen LogP contribution in [-0.2, 0) is 0 Å². The van der Waals surface area contributed by atoms with Crippen molar-refractivity contribution in [1.29, 1.82) is 0 Å². The lowest BCUT2D eigenvalue weighted by Crippen LogP contribution is -2.42. The molecule has 1 aliphatic rings. The number of fused-ring (bicyclic) bond motifs is 1. The fourth-order valence-electron chi connectivity index (χ4n) is 2.21. The first kappa shape index (κ1) is 12.2. The van der Waals surface area contributed by atoms with Gasteiger partial charge in [0.25, 0.3) is 5.91 Å². The van der Waals surface area contributed by atoms with Crippen LogP contribution in [0.5, 0.6) is 0 Å². The molecule has 1 aliphatic heterocycles. The molecule has 0 radical (unpaired) electrons. The smallest absolute Gasteiger partial charge is 0.256 e. The second kappa shape index (κ2) is 4.96. The molecule has 1 aromatic carbocycles. The minimum atomic E-state index is 0.0996.